The maximum absolute atomic E-state index is 12.6. The van der Waals surface area contributed by atoms with E-state index in [0.717, 1.165) is 19.1 Å². The van der Waals surface area contributed by atoms with Crippen molar-refractivity contribution in [1.29, 1.82) is 0 Å². The average molecular weight is 206 g/mol. The molecule has 78 valence electrons. The summed E-state index contributed by atoms with van der Waals surface area (Å²) in [7, 11) is 0. The number of hydrogen-bond donors (Lipinski definition) is 1. The number of carbonyl (C=O) groups excluding carboxylic acids is 1. The summed E-state index contributed by atoms with van der Waals surface area (Å²) in [6.45, 7) is 0. The molecular formula is C11H11FN2O. The van der Waals surface area contributed by atoms with Crippen LogP contribution in [0.15, 0.2) is 29.4 Å². The first-order valence-corrected chi connectivity index (χ1v) is 4.84. The van der Waals surface area contributed by atoms with Crippen LogP contribution < -0.4 is 5.43 Å². The van der Waals surface area contributed by atoms with Gasteiger partial charge in [0.15, 0.2) is 6.29 Å². The Morgan fingerprint density at radius 2 is 2.07 bits per heavy atom. The number of carbonyl (C=O) groups is 1. The van der Waals surface area contributed by atoms with Gasteiger partial charge in [0.1, 0.15) is 11.5 Å². The smallest absolute Gasteiger partial charge is 0.166 e. The Hall–Kier alpha value is -1.71. The highest BCUT2D eigenvalue weighted by Crippen LogP contribution is 2.29. The Morgan fingerprint density at radius 3 is 2.60 bits per heavy atom. The summed E-state index contributed by atoms with van der Waals surface area (Å²) in [5, 5.41) is 3.98. The van der Waals surface area contributed by atoms with E-state index in [9.17, 15) is 9.18 Å². The number of hydrazone groups is 1. The van der Waals surface area contributed by atoms with Gasteiger partial charge >= 0.3 is 0 Å². The topological polar surface area (TPSA) is 41.5 Å². The third kappa shape index (κ3) is 2.62. The zero-order valence-corrected chi connectivity index (χ0v) is 8.11. The number of rotatable bonds is 4. The molecule has 15 heavy (non-hydrogen) atoms. The first kappa shape index (κ1) is 9.83. The highest BCUT2D eigenvalue weighted by Gasteiger charge is 2.27. The molecule has 0 aromatic heterocycles. The monoisotopic (exact) mass is 206 g/mol. The molecule has 1 fully saturated rings. The number of aldehydes is 1. The number of halogens is 1. The number of hydrogen-bond acceptors (Lipinski definition) is 3. The van der Waals surface area contributed by atoms with Gasteiger partial charge in [0.05, 0.1) is 5.69 Å². The van der Waals surface area contributed by atoms with Gasteiger partial charge in [-0.05, 0) is 37.1 Å². The third-order valence-electron chi connectivity index (χ3n) is 2.27. The van der Waals surface area contributed by atoms with Gasteiger partial charge in [-0.25, -0.2) is 4.39 Å². The molecule has 2 rings (SSSR count). The minimum atomic E-state index is -0.290. The maximum atomic E-state index is 12.6. The molecule has 3 nitrogen and oxygen atoms in total. The first-order valence-electron chi connectivity index (χ1n) is 4.84. The van der Waals surface area contributed by atoms with Crippen LogP contribution in [0.1, 0.15) is 12.8 Å². The van der Waals surface area contributed by atoms with Gasteiger partial charge in [0, 0.05) is 5.92 Å². The van der Waals surface area contributed by atoms with E-state index in [1.165, 1.54) is 12.1 Å². The summed E-state index contributed by atoms with van der Waals surface area (Å²) in [5.74, 6) is 0.0257. The molecule has 1 saturated carbocycles. The zero-order chi connectivity index (χ0) is 10.7. The predicted molar refractivity (Wildman–Crippen MR) is 56.2 cm³/mol. The minimum Gasteiger partial charge on any atom is -0.296 e. The van der Waals surface area contributed by atoms with E-state index < -0.39 is 0 Å². The molecule has 0 unspecified atom stereocenters. The molecule has 1 N–H and O–H groups in total. The minimum absolute atomic E-state index is 0.290. The van der Waals surface area contributed by atoms with E-state index in [1.807, 2.05) is 0 Å². The van der Waals surface area contributed by atoms with E-state index >= 15 is 0 Å². The number of anilines is 1. The van der Waals surface area contributed by atoms with E-state index in [1.54, 1.807) is 12.1 Å². The molecular weight excluding hydrogens is 195 g/mol. The molecule has 4 heteroatoms. The van der Waals surface area contributed by atoms with E-state index in [0.29, 0.717) is 17.3 Å². The summed E-state index contributed by atoms with van der Waals surface area (Å²) in [6, 6.07) is 5.84. The lowest BCUT2D eigenvalue weighted by atomic mass is 10.3. The summed E-state index contributed by atoms with van der Waals surface area (Å²) >= 11 is 0. The molecule has 1 aromatic rings. The largest absolute Gasteiger partial charge is 0.296 e. The van der Waals surface area contributed by atoms with Crippen molar-refractivity contribution in [2.24, 2.45) is 11.0 Å². The third-order valence-corrected chi connectivity index (χ3v) is 2.27. The fourth-order valence-corrected chi connectivity index (χ4v) is 1.25. The van der Waals surface area contributed by atoms with Crippen molar-refractivity contribution in [2.45, 2.75) is 12.8 Å². The Bertz CT molecular complexity index is 382. The van der Waals surface area contributed by atoms with Crippen molar-refractivity contribution >= 4 is 17.7 Å². The second-order valence-corrected chi connectivity index (χ2v) is 3.55. The van der Waals surface area contributed by atoms with Crippen molar-refractivity contribution in [3.63, 3.8) is 0 Å². The van der Waals surface area contributed by atoms with Crippen LogP contribution in [0.2, 0.25) is 0 Å². The SMILES string of the molecule is O=C/C(=N/Nc1ccc(F)cc1)C1CC1. The van der Waals surface area contributed by atoms with Crippen LogP contribution in [0, 0.1) is 11.7 Å². The quantitative estimate of drug-likeness (QED) is 0.466. The van der Waals surface area contributed by atoms with Gasteiger partial charge in [-0.2, -0.15) is 5.10 Å². The Kier molecular flexibility index (Phi) is 2.76. The highest BCUT2D eigenvalue weighted by molar-refractivity contribution is 6.30. The molecule has 1 aliphatic carbocycles. The second-order valence-electron chi connectivity index (χ2n) is 3.55. The zero-order valence-electron chi connectivity index (χ0n) is 8.11. The highest BCUT2D eigenvalue weighted by atomic mass is 19.1. The van der Waals surface area contributed by atoms with Crippen LogP contribution in [0.3, 0.4) is 0 Å². The molecule has 0 radical (unpaired) electrons. The predicted octanol–water partition coefficient (Wildman–Crippen LogP) is 2.20. The molecule has 0 heterocycles. The lowest BCUT2D eigenvalue weighted by Crippen LogP contribution is -2.05. The fourth-order valence-electron chi connectivity index (χ4n) is 1.25. The summed E-state index contributed by atoms with van der Waals surface area (Å²) in [4.78, 5) is 10.6. The van der Waals surface area contributed by atoms with Gasteiger partial charge in [-0.1, -0.05) is 0 Å². The molecule has 0 bridgehead atoms. The van der Waals surface area contributed by atoms with Crippen LogP contribution in [0.4, 0.5) is 10.1 Å². The first-order chi connectivity index (χ1) is 7.29. The number of nitrogens with zero attached hydrogens (tertiary/aromatic N) is 1. The van der Waals surface area contributed by atoms with Gasteiger partial charge in [-0.3, -0.25) is 10.2 Å². The average Bonchev–Trinajstić information content (AvgIpc) is 3.06. The normalized spacial score (nSPS) is 16.2. The molecule has 0 atom stereocenters. The van der Waals surface area contributed by atoms with Gasteiger partial charge < -0.3 is 0 Å². The van der Waals surface area contributed by atoms with Crippen LogP contribution >= 0.6 is 0 Å². The summed E-state index contributed by atoms with van der Waals surface area (Å²) in [6.07, 6.45) is 2.83. The van der Waals surface area contributed by atoms with Gasteiger partial charge in [0.25, 0.3) is 0 Å². The Balaban J connectivity index is 2.01. The van der Waals surface area contributed by atoms with Crippen LogP contribution in [0.25, 0.3) is 0 Å². The molecule has 0 aliphatic heterocycles. The Labute approximate surface area is 87.0 Å². The van der Waals surface area contributed by atoms with E-state index in [2.05, 4.69) is 10.5 Å². The second kappa shape index (κ2) is 4.21. The van der Waals surface area contributed by atoms with Crippen molar-refractivity contribution in [3.05, 3.63) is 30.1 Å². The fraction of sp³-hybridized carbons (Fsp3) is 0.273. The lowest BCUT2D eigenvalue weighted by molar-refractivity contribution is -0.102. The Morgan fingerprint density at radius 1 is 1.40 bits per heavy atom. The van der Waals surface area contributed by atoms with Crippen LogP contribution in [0.5, 0.6) is 0 Å². The molecule has 1 aliphatic rings. The summed E-state index contributed by atoms with van der Waals surface area (Å²) < 4.78 is 12.6. The summed E-state index contributed by atoms with van der Waals surface area (Å²) in [5.41, 5.74) is 3.95. The van der Waals surface area contributed by atoms with Gasteiger partial charge in [-0.15, -0.1) is 0 Å². The van der Waals surface area contributed by atoms with Crippen molar-refractivity contribution in [3.8, 4) is 0 Å². The van der Waals surface area contributed by atoms with Crippen LogP contribution in [-0.2, 0) is 4.79 Å². The molecule has 1 aromatic carbocycles. The van der Waals surface area contributed by atoms with E-state index in [-0.39, 0.29) is 5.82 Å². The maximum Gasteiger partial charge on any atom is 0.166 e. The lowest BCUT2D eigenvalue weighted by Gasteiger charge is -2.00. The van der Waals surface area contributed by atoms with Gasteiger partial charge in [0.2, 0.25) is 0 Å². The molecule has 0 spiro atoms. The van der Waals surface area contributed by atoms with Crippen molar-refractivity contribution in [2.75, 3.05) is 5.43 Å². The van der Waals surface area contributed by atoms with Crippen molar-refractivity contribution in [1.82, 2.24) is 0 Å². The molecule has 0 saturated heterocycles. The van der Waals surface area contributed by atoms with Crippen molar-refractivity contribution < 1.29 is 9.18 Å². The van der Waals surface area contributed by atoms with Crippen LogP contribution in [-0.4, -0.2) is 12.0 Å². The standard InChI is InChI=1S/C11H11FN2O/c12-9-3-5-10(6-4-9)13-14-11(7-15)8-1-2-8/h3-8,13H,1-2H2/b14-11-. The number of nitrogens with one attached hydrogen (secondary N) is 1. The molecule has 0 amide bonds. The van der Waals surface area contributed by atoms with E-state index in [4.69, 9.17) is 0 Å². The number of benzene rings is 1.